The molecule has 5 heteroatoms. The van der Waals surface area contributed by atoms with E-state index in [9.17, 15) is 3.08 Å². The summed E-state index contributed by atoms with van der Waals surface area (Å²) in [5.74, 6) is 0. The molecule has 0 aromatic rings. The molecule has 0 N–H and O–H groups in total. The molecule has 5 heavy (non-hydrogen) atoms. The normalized spacial score (nSPS) is 9.60. The minimum absolute atomic E-state index is 1.15. The Labute approximate surface area is 67.0 Å². The van der Waals surface area contributed by atoms with E-state index in [1.807, 2.05) is 0 Å². The van der Waals surface area contributed by atoms with Crippen molar-refractivity contribution in [1.82, 2.24) is 0 Å². The van der Waals surface area contributed by atoms with E-state index >= 15 is 0 Å². The van der Waals surface area contributed by atoms with Gasteiger partial charge < -0.3 is 0 Å². The maximum atomic E-state index is 9.19. The number of rotatable bonds is 2. The first-order chi connectivity index (χ1) is 2.41. The first kappa shape index (κ1) is 7.03. The van der Waals surface area contributed by atoms with Crippen molar-refractivity contribution in [1.29, 1.82) is 0 Å². The van der Waals surface area contributed by atoms with Gasteiger partial charge in [0.05, 0.1) is 0 Å². The van der Waals surface area contributed by atoms with Gasteiger partial charge in [-0.15, -0.1) is 0 Å². The molecule has 44 valence electrons. The monoisotopic (exact) mass is 386 g/mol. The maximum absolute atomic E-state index is 9.19. The summed E-state index contributed by atoms with van der Waals surface area (Å²) in [6.45, 7) is 0. The van der Waals surface area contributed by atoms with E-state index in [0.717, 1.165) is 0 Å². The molecular formula is O3Tm2. The standard InChI is InChI=1S/3O.2Tm. The van der Waals surface area contributed by atoms with Crippen LogP contribution in [0.15, 0.2) is 0 Å². The SMILES string of the molecule is [O]=[Tm][O][Tm]=[O]. The Morgan fingerprint density at radius 2 is 1.60 bits per heavy atom. The van der Waals surface area contributed by atoms with Crippen molar-refractivity contribution in [2.75, 3.05) is 0 Å². The van der Waals surface area contributed by atoms with Crippen LogP contribution < -0.4 is 0 Å². The van der Waals surface area contributed by atoms with Gasteiger partial charge in [-0.2, -0.15) is 0 Å². The Kier molecular flexibility index (Phi) is 8.47. The topological polar surface area (TPSA) is 43.4 Å². The molecule has 0 saturated heterocycles. The fourth-order valence-corrected chi connectivity index (χ4v) is 0.288. The first-order valence-corrected chi connectivity index (χ1v) is 3.36. The van der Waals surface area contributed by atoms with Crippen LogP contribution in [0.4, 0.5) is 0 Å². The summed E-state index contributed by atoms with van der Waals surface area (Å²) in [6, 6.07) is 0. The van der Waals surface area contributed by atoms with Crippen LogP contribution in [-0.2, 0) is 1.44 Å². The third-order valence-electron chi connectivity index (χ3n) is 0.0256. The quantitative estimate of drug-likeness (QED) is 0.655. The molecule has 0 heterocycles. The van der Waals surface area contributed by atoms with Crippen LogP contribution >= 0.6 is 0 Å². The summed E-state index contributed by atoms with van der Waals surface area (Å²) in [7, 11) is 0. The Bertz CT molecular complexity index is 34.2. The summed E-state index contributed by atoms with van der Waals surface area (Å²) in [5, 5.41) is 0. The van der Waals surface area contributed by atoms with E-state index < -0.39 is 67.4 Å². The summed E-state index contributed by atoms with van der Waals surface area (Å²) >= 11 is -2.31. The fourth-order valence-electron chi connectivity index (χ4n) is 0.00523. The molecule has 0 aliphatic heterocycles. The van der Waals surface area contributed by atoms with Crippen LogP contribution in [0.5, 0.6) is 0 Å². The molecule has 0 rings (SSSR count). The Morgan fingerprint density at radius 3 is 1.60 bits per heavy atom. The van der Waals surface area contributed by atoms with Gasteiger partial charge in [0.25, 0.3) is 0 Å². The van der Waals surface area contributed by atoms with Gasteiger partial charge in [-0.25, -0.2) is 0 Å². The van der Waals surface area contributed by atoms with Gasteiger partial charge in [0.15, 0.2) is 0 Å². The molecule has 0 atom stereocenters. The van der Waals surface area contributed by atoms with Crippen molar-refractivity contribution in [3.8, 4) is 0 Å². The molecule has 0 amide bonds. The van der Waals surface area contributed by atoms with Gasteiger partial charge >= 0.3 is 68.8 Å². The molecule has 3 nitrogen and oxygen atoms in total. The van der Waals surface area contributed by atoms with E-state index in [1.54, 1.807) is 0 Å². The zero-order valence-corrected chi connectivity index (χ0v) is 5.34. The van der Waals surface area contributed by atoms with Gasteiger partial charge in [0.2, 0.25) is 0 Å². The molecule has 0 radical (unpaired) electrons. The second-order valence-corrected chi connectivity index (χ2v) is 2.41. The predicted octanol–water partition coefficient (Wildman–Crippen LogP) is -0.306. The predicted molar refractivity (Wildman–Crippen MR) is 2.46 cm³/mol. The number of hydrogen-bond acceptors (Lipinski definition) is 3. The van der Waals surface area contributed by atoms with Crippen LogP contribution in [-0.4, -0.2) is 0 Å². The average Bonchev–Trinajstić information content (AvgIpc) is 1.41. The van der Waals surface area contributed by atoms with Crippen molar-refractivity contribution >= 4 is 0 Å². The molecule has 0 aromatic carbocycles. The Hall–Kier alpha value is 2.03. The van der Waals surface area contributed by atoms with E-state index in [1.165, 1.54) is 0 Å². The second-order valence-electron chi connectivity index (χ2n) is 0.124. The van der Waals surface area contributed by atoms with Gasteiger partial charge in [-0.1, -0.05) is 0 Å². The van der Waals surface area contributed by atoms with Crippen molar-refractivity contribution < 1.29 is 68.8 Å². The van der Waals surface area contributed by atoms with Gasteiger partial charge in [0, 0.05) is 0 Å². The Balaban J connectivity index is 2.65. The third-order valence-corrected chi connectivity index (χ3v) is 1.41. The molecule has 0 bridgehead atoms. The van der Waals surface area contributed by atoms with Crippen LogP contribution in [0.3, 0.4) is 0 Å². The fraction of sp³-hybridized carbons (Fsp3) is 0. The molecule has 0 saturated carbocycles. The second kappa shape index (κ2) is 6.03. The van der Waals surface area contributed by atoms with Gasteiger partial charge in [0.1, 0.15) is 0 Å². The van der Waals surface area contributed by atoms with Crippen LogP contribution in [0, 0.1) is 67.4 Å². The molecule has 0 fully saturated rings. The van der Waals surface area contributed by atoms with Crippen molar-refractivity contribution in [2.24, 2.45) is 0 Å². The zero-order chi connectivity index (χ0) is 4.12. The van der Waals surface area contributed by atoms with Gasteiger partial charge in [-0.05, 0) is 0 Å². The molecule has 0 aliphatic carbocycles. The van der Waals surface area contributed by atoms with Crippen LogP contribution in [0.1, 0.15) is 0 Å². The molecular weight excluding hydrogens is 386 g/mol. The van der Waals surface area contributed by atoms with Crippen LogP contribution in [0.25, 0.3) is 0 Å². The average molecular weight is 386 g/mol. The van der Waals surface area contributed by atoms with E-state index in [4.69, 9.17) is 0 Å². The van der Waals surface area contributed by atoms with Crippen LogP contribution in [0.2, 0.25) is 0 Å². The summed E-state index contributed by atoms with van der Waals surface area (Å²) < 4.78 is 22.2. The Morgan fingerprint density at radius 1 is 1.20 bits per heavy atom. The molecule has 0 aromatic heterocycles. The zero-order valence-electron chi connectivity index (χ0n) is 1.78. The van der Waals surface area contributed by atoms with E-state index in [-0.39, 0.29) is 0 Å². The molecule has 0 spiro atoms. The minimum atomic E-state index is -1.15. The third kappa shape index (κ3) is 6.03. The van der Waals surface area contributed by atoms with E-state index in [2.05, 4.69) is -1.64 Å². The van der Waals surface area contributed by atoms with Crippen molar-refractivity contribution in [3.63, 3.8) is 0 Å². The molecule has 0 aliphatic rings. The summed E-state index contributed by atoms with van der Waals surface area (Å²) in [5.41, 5.74) is 0. The van der Waals surface area contributed by atoms with Crippen molar-refractivity contribution in [2.45, 2.75) is 0 Å². The summed E-state index contributed by atoms with van der Waals surface area (Å²) in [4.78, 5) is 0. The van der Waals surface area contributed by atoms with Crippen molar-refractivity contribution in [3.05, 3.63) is 0 Å². The molecule has 0 unspecified atom stereocenters. The van der Waals surface area contributed by atoms with Gasteiger partial charge in [-0.3, -0.25) is 0 Å². The van der Waals surface area contributed by atoms with E-state index in [0.29, 0.717) is 0 Å². The first-order valence-electron chi connectivity index (χ1n) is 0.453. The number of hydrogen-bond donors (Lipinski definition) is 0. The summed E-state index contributed by atoms with van der Waals surface area (Å²) in [6.07, 6.45) is 0.